The molecule has 0 spiro atoms. The van der Waals surface area contributed by atoms with Gasteiger partial charge in [0.2, 0.25) is 5.88 Å². The van der Waals surface area contributed by atoms with E-state index in [0.717, 1.165) is 23.1 Å². The first kappa shape index (κ1) is 26.4. The summed E-state index contributed by atoms with van der Waals surface area (Å²) in [7, 11) is 0. The lowest BCUT2D eigenvalue weighted by atomic mass is 9.83. The Balaban J connectivity index is 1.29. The molecule has 7 nitrogen and oxygen atoms in total. The molecule has 0 aromatic heterocycles. The van der Waals surface area contributed by atoms with Gasteiger partial charge in [0.1, 0.15) is 41.2 Å². The van der Waals surface area contributed by atoms with Crippen molar-refractivity contribution < 1.29 is 23.7 Å². The largest absolute Gasteiger partial charge is 0.489 e. The molecule has 7 heteroatoms. The van der Waals surface area contributed by atoms with Gasteiger partial charge in [-0.15, -0.1) is 0 Å². The first-order valence-corrected chi connectivity index (χ1v) is 12.9. The number of rotatable bonds is 9. The molecule has 5 rings (SSSR count). The van der Waals surface area contributed by atoms with Gasteiger partial charge in [-0.1, -0.05) is 67.6 Å². The van der Waals surface area contributed by atoms with Crippen molar-refractivity contribution in [3.63, 3.8) is 0 Å². The standard InChI is InChI=1S/C33H28N2O5/c1-2-22-8-12-25(13-9-22)38-21-31(36)39-27-16-17-28-30(18-27)40-33(35)29(19-34)32(28)24-10-14-26(15-11-24)37-20-23-6-4-3-5-7-23/h3-18,32H,2,20-21,35H2,1H3. The smallest absolute Gasteiger partial charge is 0.349 e. The van der Waals surface area contributed by atoms with Crippen LogP contribution >= 0.6 is 0 Å². The molecule has 0 radical (unpaired) electrons. The zero-order valence-electron chi connectivity index (χ0n) is 22.0. The Morgan fingerprint density at radius 1 is 0.875 bits per heavy atom. The highest BCUT2D eigenvalue weighted by molar-refractivity contribution is 5.74. The number of benzene rings is 4. The fraction of sp³-hybridized carbons (Fsp3) is 0.152. The van der Waals surface area contributed by atoms with Gasteiger partial charge in [-0.3, -0.25) is 0 Å². The number of nitrogens with zero attached hydrogens (tertiary/aromatic N) is 1. The van der Waals surface area contributed by atoms with Crippen LogP contribution < -0.4 is 24.7 Å². The van der Waals surface area contributed by atoms with Gasteiger partial charge in [-0.05, 0) is 53.4 Å². The van der Waals surface area contributed by atoms with Crippen LogP contribution in [0.15, 0.2) is 109 Å². The molecule has 1 aliphatic rings. The summed E-state index contributed by atoms with van der Waals surface area (Å²) >= 11 is 0. The van der Waals surface area contributed by atoms with Crippen LogP contribution in [-0.4, -0.2) is 12.6 Å². The Morgan fingerprint density at radius 2 is 1.55 bits per heavy atom. The maximum atomic E-state index is 12.4. The van der Waals surface area contributed by atoms with Crippen molar-refractivity contribution >= 4 is 5.97 Å². The van der Waals surface area contributed by atoms with E-state index in [4.69, 9.17) is 24.7 Å². The Kier molecular flexibility index (Phi) is 7.98. The highest BCUT2D eigenvalue weighted by atomic mass is 16.6. The topological polar surface area (TPSA) is 104 Å². The molecule has 1 heterocycles. The average Bonchev–Trinajstić information content (AvgIpc) is 2.99. The van der Waals surface area contributed by atoms with Gasteiger partial charge in [0.15, 0.2) is 6.61 Å². The molecule has 0 saturated heterocycles. The van der Waals surface area contributed by atoms with Crippen LogP contribution in [0.5, 0.6) is 23.0 Å². The molecule has 0 aliphatic carbocycles. The number of nitriles is 1. The van der Waals surface area contributed by atoms with Gasteiger partial charge in [0.05, 0.1) is 5.92 Å². The molecule has 4 aromatic rings. The third-order valence-corrected chi connectivity index (χ3v) is 6.57. The summed E-state index contributed by atoms with van der Waals surface area (Å²) in [5, 5.41) is 9.86. The fourth-order valence-corrected chi connectivity index (χ4v) is 4.46. The highest BCUT2D eigenvalue weighted by Gasteiger charge is 2.31. The molecule has 0 bridgehead atoms. The number of fused-ring (bicyclic) bond motifs is 1. The van der Waals surface area contributed by atoms with Crippen molar-refractivity contribution in [2.24, 2.45) is 5.73 Å². The van der Waals surface area contributed by atoms with Crippen molar-refractivity contribution in [3.8, 4) is 29.1 Å². The van der Waals surface area contributed by atoms with E-state index >= 15 is 0 Å². The van der Waals surface area contributed by atoms with Crippen LogP contribution in [0, 0.1) is 11.3 Å². The van der Waals surface area contributed by atoms with E-state index in [1.165, 1.54) is 5.56 Å². The third-order valence-electron chi connectivity index (χ3n) is 6.57. The maximum absolute atomic E-state index is 12.4. The second kappa shape index (κ2) is 12.1. The number of carbonyl (C=O) groups is 1. The molecule has 0 amide bonds. The Bertz CT molecular complexity index is 1560. The lowest BCUT2D eigenvalue weighted by Gasteiger charge is -2.26. The monoisotopic (exact) mass is 532 g/mol. The average molecular weight is 533 g/mol. The molecule has 4 aromatic carbocycles. The molecule has 1 aliphatic heterocycles. The van der Waals surface area contributed by atoms with Gasteiger partial charge < -0.3 is 24.7 Å². The van der Waals surface area contributed by atoms with E-state index in [0.29, 0.717) is 29.4 Å². The Morgan fingerprint density at radius 3 is 2.25 bits per heavy atom. The lowest BCUT2D eigenvalue weighted by molar-refractivity contribution is -0.136. The first-order chi connectivity index (χ1) is 19.5. The molecule has 1 atom stereocenters. The number of carbonyl (C=O) groups excluding carboxylic acids is 1. The molecule has 40 heavy (non-hydrogen) atoms. The van der Waals surface area contributed by atoms with Gasteiger partial charge in [0, 0.05) is 11.6 Å². The van der Waals surface area contributed by atoms with Crippen molar-refractivity contribution in [2.45, 2.75) is 25.9 Å². The van der Waals surface area contributed by atoms with Crippen LogP contribution in [-0.2, 0) is 17.8 Å². The van der Waals surface area contributed by atoms with Gasteiger partial charge >= 0.3 is 5.97 Å². The Labute approximate surface area is 233 Å². The number of ether oxygens (including phenoxy) is 4. The molecular formula is C33H28N2O5. The number of nitrogens with two attached hydrogens (primary N) is 1. The number of allylic oxidation sites excluding steroid dienone is 1. The van der Waals surface area contributed by atoms with Crippen molar-refractivity contribution in [2.75, 3.05) is 6.61 Å². The second-order valence-corrected chi connectivity index (χ2v) is 9.23. The number of aryl methyl sites for hydroxylation is 1. The maximum Gasteiger partial charge on any atom is 0.349 e. The van der Waals surface area contributed by atoms with Crippen LogP contribution in [0.3, 0.4) is 0 Å². The van der Waals surface area contributed by atoms with Crippen LogP contribution in [0.25, 0.3) is 0 Å². The molecular weight excluding hydrogens is 504 g/mol. The first-order valence-electron chi connectivity index (χ1n) is 12.9. The minimum absolute atomic E-state index is 0.00624. The summed E-state index contributed by atoms with van der Waals surface area (Å²) < 4.78 is 22.7. The zero-order chi connectivity index (χ0) is 27.9. The molecule has 2 N–H and O–H groups in total. The van der Waals surface area contributed by atoms with Gasteiger partial charge in [-0.25, -0.2) is 4.79 Å². The molecule has 200 valence electrons. The zero-order valence-corrected chi connectivity index (χ0v) is 22.0. The fourth-order valence-electron chi connectivity index (χ4n) is 4.46. The second-order valence-electron chi connectivity index (χ2n) is 9.23. The number of hydrogen-bond acceptors (Lipinski definition) is 7. The van der Waals surface area contributed by atoms with E-state index in [9.17, 15) is 10.1 Å². The normalized spacial score (nSPS) is 13.9. The van der Waals surface area contributed by atoms with E-state index < -0.39 is 11.9 Å². The minimum Gasteiger partial charge on any atom is -0.489 e. The highest BCUT2D eigenvalue weighted by Crippen LogP contribution is 2.43. The summed E-state index contributed by atoms with van der Waals surface area (Å²) in [5.74, 6) is 0.991. The molecule has 0 fully saturated rings. The summed E-state index contributed by atoms with van der Waals surface area (Å²) in [6.07, 6.45) is 0.924. The van der Waals surface area contributed by atoms with E-state index in [2.05, 4.69) is 13.0 Å². The molecule has 0 saturated carbocycles. The van der Waals surface area contributed by atoms with Crippen LogP contribution in [0.4, 0.5) is 0 Å². The SMILES string of the molecule is CCc1ccc(OCC(=O)Oc2ccc3c(c2)OC(N)=C(C#N)C3c2ccc(OCc3ccccc3)cc2)cc1. The summed E-state index contributed by atoms with van der Waals surface area (Å²) in [5.41, 5.74) is 10.3. The minimum atomic E-state index is -0.556. The van der Waals surface area contributed by atoms with Crippen molar-refractivity contribution in [3.05, 3.63) is 131 Å². The summed E-state index contributed by atoms with van der Waals surface area (Å²) in [6.45, 7) is 2.28. The van der Waals surface area contributed by atoms with E-state index in [-0.39, 0.29) is 18.2 Å². The van der Waals surface area contributed by atoms with Gasteiger partial charge in [0.25, 0.3) is 0 Å². The van der Waals surface area contributed by atoms with Crippen LogP contribution in [0.2, 0.25) is 0 Å². The molecule has 1 unspecified atom stereocenters. The summed E-state index contributed by atoms with van der Waals surface area (Å²) in [6, 6.07) is 32.2. The Hall–Kier alpha value is -5.22. The van der Waals surface area contributed by atoms with Crippen LogP contribution in [0.1, 0.15) is 35.1 Å². The third kappa shape index (κ3) is 6.08. The predicted molar refractivity (Wildman–Crippen MR) is 150 cm³/mol. The quantitative estimate of drug-likeness (QED) is 0.207. The number of esters is 1. The summed E-state index contributed by atoms with van der Waals surface area (Å²) in [4.78, 5) is 12.4. The van der Waals surface area contributed by atoms with Crippen molar-refractivity contribution in [1.29, 1.82) is 5.26 Å². The van der Waals surface area contributed by atoms with E-state index in [1.807, 2.05) is 78.9 Å². The van der Waals surface area contributed by atoms with Crippen molar-refractivity contribution in [1.82, 2.24) is 0 Å². The number of hydrogen-bond donors (Lipinski definition) is 1. The lowest BCUT2D eigenvalue weighted by Crippen LogP contribution is -2.21. The predicted octanol–water partition coefficient (Wildman–Crippen LogP) is 6.03. The van der Waals surface area contributed by atoms with Gasteiger partial charge in [-0.2, -0.15) is 5.26 Å². The van der Waals surface area contributed by atoms with E-state index in [1.54, 1.807) is 18.2 Å².